The van der Waals surface area contributed by atoms with E-state index >= 15 is 0 Å². The lowest BCUT2D eigenvalue weighted by molar-refractivity contribution is 0.194. The van der Waals surface area contributed by atoms with Crippen molar-refractivity contribution >= 4 is 5.69 Å². The van der Waals surface area contributed by atoms with Crippen molar-refractivity contribution in [1.29, 1.82) is 0 Å². The molecule has 1 rings (SSSR count). The minimum atomic E-state index is -0.789. The van der Waals surface area contributed by atoms with Crippen LogP contribution in [0.3, 0.4) is 0 Å². The molecule has 0 bridgehead atoms. The maximum atomic E-state index is 13.7. The largest absolute Gasteiger partial charge is 0.389 e. The molecule has 1 N–H and O–H groups in total. The van der Waals surface area contributed by atoms with E-state index in [2.05, 4.69) is 18.7 Å². The highest BCUT2D eigenvalue weighted by atomic mass is 19.1. The lowest BCUT2D eigenvalue weighted by Gasteiger charge is -2.31. The number of nitrogens with zero attached hydrogens (tertiary/aromatic N) is 1. The summed E-state index contributed by atoms with van der Waals surface area (Å²) in [6, 6.07) is 5.32. The fourth-order valence-electron chi connectivity index (χ4n) is 2.28. The first-order valence-electron chi connectivity index (χ1n) is 6.22. The minimum Gasteiger partial charge on any atom is -0.389 e. The lowest BCUT2D eigenvalue weighted by atomic mass is 10.0. The summed E-state index contributed by atoms with van der Waals surface area (Å²) in [5.74, 6) is -0.338. The van der Waals surface area contributed by atoms with Crippen molar-refractivity contribution in [2.45, 2.75) is 45.8 Å². The topological polar surface area (TPSA) is 23.5 Å². The van der Waals surface area contributed by atoms with Crippen molar-refractivity contribution in [3.05, 3.63) is 29.6 Å². The molecule has 0 heterocycles. The Bertz CT molecular complexity index is 361. The zero-order chi connectivity index (χ0) is 13.0. The Morgan fingerprint density at radius 1 is 1.29 bits per heavy atom. The molecule has 0 aliphatic carbocycles. The molecule has 0 saturated carbocycles. The van der Waals surface area contributed by atoms with Gasteiger partial charge in [-0.2, -0.15) is 0 Å². The Balaban J connectivity index is 3.16. The number of halogens is 1. The summed E-state index contributed by atoms with van der Waals surface area (Å²) in [6.45, 7) is 5.83. The monoisotopic (exact) mass is 239 g/mol. The van der Waals surface area contributed by atoms with E-state index in [0.29, 0.717) is 11.6 Å². The quantitative estimate of drug-likeness (QED) is 0.850. The SMILES string of the molecule is CCC(CC)N(C)c1cccc(F)c1[C@H](C)O. The molecule has 0 radical (unpaired) electrons. The van der Waals surface area contributed by atoms with Crippen molar-refractivity contribution in [2.24, 2.45) is 0 Å². The number of aliphatic hydroxyl groups excluding tert-OH is 1. The molecule has 0 aliphatic rings. The molecule has 0 aromatic heterocycles. The number of hydrogen-bond acceptors (Lipinski definition) is 2. The summed E-state index contributed by atoms with van der Waals surface area (Å²) in [6.07, 6.45) is 1.22. The molecule has 2 nitrogen and oxygen atoms in total. The van der Waals surface area contributed by atoms with E-state index in [-0.39, 0.29) is 5.82 Å². The molecule has 0 fully saturated rings. The molecule has 0 amide bonds. The van der Waals surface area contributed by atoms with Crippen LogP contribution in [-0.2, 0) is 0 Å². The van der Waals surface area contributed by atoms with Crippen LogP contribution in [0.25, 0.3) is 0 Å². The van der Waals surface area contributed by atoms with Crippen LogP contribution in [0.1, 0.15) is 45.3 Å². The van der Waals surface area contributed by atoms with Crippen LogP contribution in [-0.4, -0.2) is 18.2 Å². The number of hydrogen-bond donors (Lipinski definition) is 1. The predicted octanol–water partition coefficient (Wildman–Crippen LogP) is 3.50. The van der Waals surface area contributed by atoms with Crippen molar-refractivity contribution < 1.29 is 9.50 Å². The van der Waals surface area contributed by atoms with Gasteiger partial charge in [0.1, 0.15) is 5.82 Å². The Labute approximate surface area is 103 Å². The third-order valence-electron chi connectivity index (χ3n) is 3.32. The van der Waals surface area contributed by atoms with Crippen molar-refractivity contribution in [1.82, 2.24) is 0 Å². The van der Waals surface area contributed by atoms with E-state index in [1.807, 2.05) is 13.1 Å². The van der Waals surface area contributed by atoms with Crippen LogP contribution in [0.4, 0.5) is 10.1 Å². The molecule has 96 valence electrons. The fraction of sp³-hybridized carbons (Fsp3) is 0.571. The Kier molecular flexibility index (Phi) is 4.94. The molecule has 3 heteroatoms. The highest BCUT2D eigenvalue weighted by molar-refractivity contribution is 5.55. The van der Waals surface area contributed by atoms with Gasteiger partial charge in [0.15, 0.2) is 0 Å². The van der Waals surface area contributed by atoms with Crippen LogP contribution in [0.2, 0.25) is 0 Å². The lowest BCUT2D eigenvalue weighted by Crippen LogP contribution is -2.31. The molecule has 1 atom stereocenters. The maximum Gasteiger partial charge on any atom is 0.131 e. The second-order valence-electron chi connectivity index (χ2n) is 4.43. The van der Waals surface area contributed by atoms with Gasteiger partial charge in [0.2, 0.25) is 0 Å². The number of anilines is 1. The Hall–Kier alpha value is -1.09. The number of aliphatic hydroxyl groups is 1. The van der Waals surface area contributed by atoms with Gasteiger partial charge in [0.25, 0.3) is 0 Å². The van der Waals surface area contributed by atoms with Crippen molar-refractivity contribution in [2.75, 3.05) is 11.9 Å². The molecule has 0 aliphatic heterocycles. The summed E-state index contributed by atoms with van der Waals surface area (Å²) in [4.78, 5) is 2.06. The van der Waals surface area contributed by atoms with Crippen molar-refractivity contribution in [3.8, 4) is 0 Å². The van der Waals surface area contributed by atoms with Gasteiger partial charge in [0, 0.05) is 24.3 Å². The normalized spacial score (nSPS) is 12.9. The number of rotatable bonds is 5. The summed E-state index contributed by atoms with van der Waals surface area (Å²) in [5.41, 5.74) is 1.18. The molecular formula is C14H22FNO. The summed E-state index contributed by atoms with van der Waals surface area (Å²) < 4.78 is 13.7. The predicted molar refractivity (Wildman–Crippen MR) is 69.8 cm³/mol. The molecule has 0 saturated heterocycles. The van der Waals surface area contributed by atoms with Crippen LogP contribution in [0.15, 0.2) is 18.2 Å². The zero-order valence-electron chi connectivity index (χ0n) is 11.1. The van der Waals surface area contributed by atoms with Gasteiger partial charge in [-0.15, -0.1) is 0 Å². The van der Waals surface area contributed by atoms with Gasteiger partial charge >= 0.3 is 0 Å². The Morgan fingerprint density at radius 3 is 2.35 bits per heavy atom. The van der Waals surface area contributed by atoms with Gasteiger partial charge < -0.3 is 10.0 Å². The molecule has 17 heavy (non-hydrogen) atoms. The van der Waals surface area contributed by atoms with E-state index in [0.717, 1.165) is 18.5 Å². The second kappa shape index (κ2) is 6.01. The van der Waals surface area contributed by atoms with Gasteiger partial charge in [-0.25, -0.2) is 4.39 Å². The fourth-order valence-corrected chi connectivity index (χ4v) is 2.28. The van der Waals surface area contributed by atoms with E-state index in [9.17, 15) is 9.50 Å². The van der Waals surface area contributed by atoms with E-state index < -0.39 is 6.10 Å². The maximum absolute atomic E-state index is 13.7. The zero-order valence-corrected chi connectivity index (χ0v) is 11.1. The summed E-state index contributed by atoms with van der Waals surface area (Å²) in [5, 5.41) is 9.69. The smallest absolute Gasteiger partial charge is 0.131 e. The van der Waals surface area contributed by atoms with E-state index in [1.165, 1.54) is 6.07 Å². The highest BCUT2D eigenvalue weighted by Crippen LogP contribution is 2.30. The summed E-state index contributed by atoms with van der Waals surface area (Å²) >= 11 is 0. The van der Waals surface area contributed by atoms with Gasteiger partial charge in [-0.3, -0.25) is 0 Å². The molecule has 0 unspecified atom stereocenters. The number of benzene rings is 1. The third-order valence-corrected chi connectivity index (χ3v) is 3.32. The first-order valence-corrected chi connectivity index (χ1v) is 6.22. The van der Waals surface area contributed by atoms with Crippen LogP contribution in [0.5, 0.6) is 0 Å². The first kappa shape index (κ1) is 14.0. The third kappa shape index (κ3) is 2.97. The van der Waals surface area contributed by atoms with Crippen molar-refractivity contribution in [3.63, 3.8) is 0 Å². The van der Waals surface area contributed by atoms with Crippen LogP contribution < -0.4 is 4.90 Å². The summed E-state index contributed by atoms with van der Waals surface area (Å²) in [7, 11) is 1.96. The molecule has 1 aromatic rings. The van der Waals surface area contributed by atoms with E-state index in [4.69, 9.17) is 0 Å². The second-order valence-corrected chi connectivity index (χ2v) is 4.43. The standard InChI is InChI=1S/C14H22FNO/c1-5-11(6-2)16(4)13-9-7-8-12(15)14(13)10(3)17/h7-11,17H,5-6H2,1-4H3/t10-/m0/s1. The Morgan fingerprint density at radius 2 is 1.88 bits per heavy atom. The van der Waals surface area contributed by atoms with Crippen LogP contribution >= 0.6 is 0 Å². The highest BCUT2D eigenvalue weighted by Gasteiger charge is 2.19. The molecule has 1 aromatic carbocycles. The first-order chi connectivity index (χ1) is 8.02. The van der Waals surface area contributed by atoms with Gasteiger partial charge in [0.05, 0.1) is 6.10 Å². The van der Waals surface area contributed by atoms with Gasteiger partial charge in [-0.05, 0) is 31.9 Å². The molecule has 0 spiro atoms. The van der Waals surface area contributed by atoms with E-state index in [1.54, 1.807) is 13.0 Å². The average molecular weight is 239 g/mol. The van der Waals surface area contributed by atoms with Crippen LogP contribution in [0, 0.1) is 5.82 Å². The minimum absolute atomic E-state index is 0.338. The van der Waals surface area contributed by atoms with Gasteiger partial charge in [-0.1, -0.05) is 19.9 Å². The molecular weight excluding hydrogens is 217 g/mol. The average Bonchev–Trinajstić information content (AvgIpc) is 2.29.